The number of piperidine rings is 1. The lowest BCUT2D eigenvalue weighted by Crippen LogP contribution is -2.37. The van der Waals surface area contributed by atoms with Gasteiger partial charge < -0.3 is 19.5 Å². The minimum absolute atomic E-state index is 0.167. The molecule has 0 spiro atoms. The Morgan fingerprint density at radius 1 is 1.09 bits per heavy atom. The quantitative estimate of drug-likeness (QED) is 0.878. The zero-order chi connectivity index (χ0) is 14.9. The van der Waals surface area contributed by atoms with E-state index in [1.54, 1.807) is 0 Å². The average molecular weight is 300 g/mol. The zero-order valence-electron chi connectivity index (χ0n) is 12.5. The highest BCUT2D eigenvalue weighted by molar-refractivity contribution is 5.44. The van der Waals surface area contributed by atoms with Crippen LogP contribution in [0.3, 0.4) is 0 Å². The van der Waals surface area contributed by atoms with Crippen LogP contribution in [0.4, 0.5) is 11.8 Å². The van der Waals surface area contributed by atoms with Gasteiger partial charge in [-0.05, 0) is 18.9 Å². The smallest absolute Gasteiger partial charge is 0.227 e. The fourth-order valence-corrected chi connectivity index (χ4v) is 3.12. The van der Waals surface area contributed by atoms with Crippen LogP contribution < -0.4 is 9.80 Å². The summed E-state index contributed by atoms with van der Waals surface area (Å²) in [5.74, 6) is 1.73. The van der Waals surface area contributed by atoms with Gasteiger partial charge in [-0.1, -0.05) is 0 Å². The summed E-state index contributed by atoms with van der Waals surface area (Å²) >= 11 is 0. The molecule has 7 heteroatoms. The second-order valence-corrected chi connectivity index (χ2v) is 5.93. The topological polar surface area (TPSA) is 70.3 Å². The summed E-state index contributed by atoms with van der Waals surface area (Å²) in [4.78, 5) is 17.8. The van der Waals surface area contributed by atoms with Crippen LogP contribution in [0.15, 0.2) is 24.8 Å². The minimum atomic E-state index is -0.167. The first-order valence-corrected chi connectivity index (χ1v) is 7.79. The number of anilines is 2. The Morgan fingerprint density at radius 2 is 1.95 bits per heavy atom. The number of aliphatic hydroxyl groups is 1. The maximum atomic E-state index is 9.63. The van der Waals surface area contributed by atoms with E-state index in [0.717, 1.165) is 57.3 Å². The molecule has 2 aromatic heterocycles. The zero-order valence-corrected chi connectivity index (χ0v) is 12.5. The fraction of sp³-hybridized carbons (Fsp3) is 0.533. The van der Waals surface area contributed by atoms with Crippen molar-refractivity contribution in [2.24, 2.45) is 0 Å². The Kier molecular flexibility index (Phi) is 3.42. The number of hydrogen-bond acceptors (Lipinski definition) is 6. The van der Waals surface area contributed by atoms with Gasteiger partial charge >= 0.3 is 0 Å². The van der Waals surface area contributed by atoms with E-state index in [4.69, 9.17) is 4.98 Å². The van der Waals surface area contributed by atoms with Crippen LogP contribution in [-0.2, 0) is 13.1 Å². The number of imidazole rings is 1. The first kappa shape index (κ1) is 13.5. The van der Waals surface area contributed by atoms with Crippen LogP contribution in [-0.4, -0.2) is 50.4 Å². The molecule has 0 atom stereocenters. The van der Waals surface area contributed by atoms with E-state index in [1.807, 2.05) is 24.8 Å². The molecular weight excluding hydrogens is 280 g/mol. The van der Waals surface area contributed by atoms with Crippen molar-refractivity contribution in [3.8, 4) is 0 Å². The van der Waals surface area contributed by atoms with Crippen molar-refractivity contribution in [1.82, 2.24) is 19.5 Å². The SMILES string of the molecule is OC1CCN(c2ccnc(N3CCn4cncc4C3)n2)CC1. The van der Waals surface area contributed by atoms with Gasteiger partial charge in [-0.15, -0.1) is 0 Å². The maximum Gasteiger partial charge on any atom is 0.227 e. The molecular formula is C15H20N6O. The van der Waals surface area contributed by atoms with Gasteiger partial charge in [0.05, 0.1) is 24.7 Å². The van der Waals surface area contributed by atoms with Crippen LogP contribution in [0.2, 0.25) is 0 Å². The summed E-state index contributed by atoms with van der Waals surface area (Å²) in [5.41, 5.74) is 1.20. The monoisotopic (exact) mass is 300 g/mol. The van der Waals surface area contributed by atoms with Crippen LogP contribution in [0, 0.1) is 0 Å². The summed E-state index contributed by atoms with van der Waals surface area (Å²) in [6.07, 6.45) is 7.06. The molecule has 1 fully saturated rings. The van der Waals surface area contributed by atoms with Crippen LogP contribution in [0.5, 0.6) is 0 Å². The lowest BCUT2D eigenvalue weighted by Gasteiger charge is -2.32. The highest BCUT2D eigenvalue weighted by atomic mass is 16.3. The molecule has 2 aliphatic rings. The number of fused-ring (bicyclic) bond motifs is 1. The lowest BCUT2D eigenvalue weighted by molar-refractivity contribution is 0.145. The molecule has 0 aromatic carbocycles. The minimum Gasteiger partial charge on any atom is -0.393 e. The molecule has 0 saturated carbocycles. The largest absolute Gasteiger partial charge is 0.393 e. The fourth-order valence-electron chi connectivity index (χ4n) is 3.12. The Hall–Kier alpha value is -2.15. The summed E-state index contributed by atoms with van der Waals surface area (Å²) < 4.78 is 2.17. The number of aromatic nitrogens is 4. The predicted octanol–water partition coefficient (Wildman–Crippen LogP) is 0.654. The highest BCUT2D eigenvalue weighted by Crippen LogP contribution is 2.22. The Morgan fingerprint density at radius 3 is 2.82 bits per heavy atom. The van der Waals surface area contributed by atoms with Gasteiger partial charge in [0.1, 0.15) is 5.82 Å². The molecule has 1 N–H and O–H groups in total. The van der Waals surface area contributed by atoms with E-state index in [9.17, 15) is 5.11 Å². The van der Waals surface area contributed by atoms with E-state index in [-0.39, 0.29) is 6.10 Å². The van der Waals surface area contributed by atoms with Crippen molar-refractivity contribution in [3.05, 3.63) is 30.5 Å². The second kappa shape index (κ2) is 5.57. The molecule has 4 rings (SSSR count). The summed E-state index contributed by atoms with van der Waals surface area (Å²) in [7, 11) is 0. The third kappa shape index (κ3) is 2.52. The molecule has 116 valence electrons. The molecule has 0 aliphatic carbocycles. The van der Waals surface area contributed by atoms with E-state index >= 15 is 0 Å². The molecule has 0 amide bonds. The lowest BCUT2D eigenvalue weighted by atomic mass is 10.1. The van der Waals surface area contributed by atoms with Gasteiger partial charge in [-0.25, -0.2) is 9.97 Å². The third-order valence-corrected chi connectivity index (χ3v) is 4.46. The Labute approximate surface area is 129 Å². The number of rotatable bonds is 2. The van der Waals surface area contributed by atoms with Crippen LogP contribution >= 0.6 is 0 Å². The van der Waals surface area contributed by atoms with Crippen molar-refractivity contribution >= 4 is 11.8 Å². The molecule has 1 saturated heterocycles. The predicted molar refractivity (Wildman–Crippen MR) is 82.8 cm³/mol. The Bertz CT molecular complexity index is 649. The molecule has 7 nitrogen and oxygen atoms in total. The Balaban J connectivity index is 1.52. The first-order valence-electron chi connectivity index (χ1n) is 7.79. The average Bonchev–Trinajstić information content (AvgIpc) is 3.03. The van der Waals surface area contributed by atoms with Crippen molar-refractivity contribution in [1.29, 1.82) is 0 Å². The van der Waals surface area contributed by atoms with Crippen molar-refractivity contribution in [2.45, 2.75) is 32.0 Å². The van der Waals surface area contributed by atoms with Gasteiger partial charge in [0.2, 0.25) is 5.95 Å². The molecule has 22 heavy (non-hydrogen) atoms. The molecule has 0 unspecified atom stereocenters. The molecule has 4 heterocycles. The summed E-state index contributed by atoms with van der Waals surface area (Å²) in [6, 6.07) is 1.95. The van der Waals surface area contributed by atoms with Crippen LogP contribution in [0.1, 0.15) is 18.5 Å². The van der Waals surface area contributed by atoms with Gasteiger partial charge in [-0.3, -0.25) is 0 Å². The third-order valence-electron chi connectivity index (χ3n) is 4.46. The molecule has 2 aliphatic heterocycles. The van der Waals surface area contributed by atoms with E-state index in [1.165, 1.54) is 5.69 Å². The molecule has 2 aromatic rings. The van der Waals surface area contributed by atoms with Crippen molar-refractivity contribution in [2.75, 3.05) is 29.4 Å². The highest BCUT2D eigenvalue weighted by Gasteiger charge is 2.21. The normalized spacial score (nSPS) is 19.3. The van der Waals surface area contributed by atoms with Crippen LogP contribution in [0.25, 0.3) is 0 Å². The number of aliphatic hydroxyl groups excluding tert-OH is 1. The molecule has 0 radical (unpaired) electrons. The van der Waals surface area contributed by atoms with E-state index in [0.29, 0.717) is 0 Å². The van der Waals surface area contributed by atoms with Gasteiger partial charge in [-0.2, -0.15) is 4.98 Å². The van der Waals surface area contributed by atoms with Gasteiger partial charge in [0.15, 0.2) is 0 Å². The molecule has 0 bridgehead atoms. The first-order chi connectivity index (χ1) is 10.8. The van der Waals surface area contributed by atoms with Gasteiger partial charge in [0.25, 0.3) is 0 Å². The number of nitrogens with zero attached hydrogens (tertiary/aromatic N) is 6. The van der Waals surface area contributed by atoms with Crippen molar-refractivity contribution < 1.29 is 5.11 Å². The van der Waals surface area contributed by atoms with Crippen molar-refractivity contribution in [3.63, 3.8) is 0 Å². The van der Waals surface area contributed by atoms with E-state index < -0.39 is 0 Å². The summed E-state index contributed by atoms with van der Waals surface area (Å²) in [5, 5.41) is 9.63. The summed E-state index contributed by atoms with van der Waals surface area (Å²) in [6.45, 7) is 4.31. The van der Waals surface area contributed by atoms with Gasteiger partial charge in [0, 0.05) is 38.6 Å². The second-order valence-electron chi connectivity index (χ2n) is 5.93. The standard InChI is InChI=1S/C15H20N6O/c22-13-2-5-19(6-3-13)14-1-4-17-15(18-14)20-7-8-21-11-16-9-12(21)10-20/h1,4,9,11,13,22H,2-3,5-8,10H2. The maximum absolute atomic E-state index is 9.63. The number of hydrogen-bond donors (Lipinski definition) is 1. The van der Waals surface area contributed by atoms with E-state index in [2.05, 4.69) is 24.3 Å².